The van der Waals surface area contributed by atoms with Crippen molar-refractivity contribution in [3.8, 4) is 11.5 Å². The highest BCUT2D eigenvalue weighted by molar-refractivity contribution is 7.18. The average Bonchev–Trinajstić information content (AvgIpc) is 3.02. The number of nitrogens with zero attached hydrogens (tertiary/aromatic N) is 1. The number of carbonyl (C=O) groups excluding carboxylic acids is 1. The molecule has 8 heteroatoms. The Hall–Kier alpha value is -2.74. The van der Waals surface area contributed by atoms with E-state index in [0.29, 0.717) is 5.01 Å². The number of ether oxygens (including phenoxy) is 2. The fourth-order valence-electron chi connectivity index (χ4n) is 2.31. The van der Waals surface area contributed by atoms with E-state index in [1.54, 1.807) is 0 Å². The van der Waals surface area contributed by atoms with Crippen LogP contribution in [0.25, 0.3) is 10.2 Å². The molecule has 1 heterocycles. The first-order valence-corrected chi connectivity index (χ1v) is 8.14. The number of thiazole rings is 1. The van der Waals surface area contributed by atoms with Gasteiger partial charge in [0.15, 0.2) is 11.5 Å². The molecule has 0 spiro atoms. The van der Waals surface area contributed by atoms with E-state index >= 15 is 0 Å². The number of methoxy groups -OCH3 is 1. The topological polar surface area (TPSA) is 60.5 Å². The van der Waals surface area contributed by atoms with Crippen LogP contribution in [0.2, 0.25) is 0 Å². The number of para-hydroxylation sites is 2. The Balaban J connectivity index is 1.78. The van der Waals surface area contributed by atoms with Crippen LogP contribution in [0.15, 0.2) is 42.5 Å². The molecule has 5 nitrogen and oxygen atoms in total. The number of carbonyl (C=O) groups is 1. The van der Waals surface area contributed by atoms with Crippen molar-refractivity contribution in [3.63, 3.8) is 0 Å². The predicted octanol–water partition coefficient (Wildman–Crippen LogP) is 3.84. The van der Waals surface area contributed by atoms with Crippen LogP contribution in [0, 0.1) is 0 Å². The number of aromatic nitrogens is 1. The van der Waals surface area contributed by atoms with Gasteiger partial charge in [-0.3, -0.25) is 4.79 Å². The Bertz CT molecular complexity index is 865. The van der Waals surface area contributed by atoms with Gasteiger partial charge in [0.25, 0.3) is 5.91 Å². The first kappa shape index (κ1) is 17.1. The smallest absolute Gasteiger partial charge is 0.387 e. The van der Waals surface area contributed by atoms with Crippen LogP contribution in [0.1, 0.15) is 15.4 Å². The number of benzene rings is 2. The van der Waals surface area contributed by atoms with Crippen molar-refractivity contribution in [2.45, 2.75) is 13.2 Å². The molecule has 0 fully saturated rings. The third-order valence-electron chi connectivity index (χ3n) is 3.39. The molecule has 0 saturated heterocycles. The summed E-state index contributed by atoms with van der Waals surface area (Å²) in [5.41, 5.74) is 0.820. The molecule has 25 heavy (non-hydrogen) atoms. The number of hydrogen-bond donors (Lipinski definition) is 1. The maximum atomic E-state index is 12.6. The lowest BCUT2D eigenvalue weighted by molar-refractivity contribution is -0.0515. The summed E-state index contributed by atoms with van der Waals surface area (Å²) in [7, 11) is 1.32. The van der Waals surface area contributed by atoms with E-state index in [9.17, 15) is 13.6 Å². The lowest BCUT2D eigenvalue weighted by Gasteiger charge is -2.13. The zero-order chi connectivity index (χ0) is 17.8. The second kappa shape index (κ2) is 7.43. The average molecular weight is 364 g/mol. The van der Waals surface area contributed by atoms with E-state index < -0.39 is 12.5 Å². The van der Waals surface area contributed by atoms with Crippen LogP contribution < -0.4 is 14.8 Å². The Morgan fingerprint density at radius 3 is 2.76 bits per heavy atom. The van der Waals surface area contributed by atoms with Crippen molar-refractivity contribution in [1.29, 1.82) is 0 Å². The SMILES string of the molecule is COc1cccc(C(=O)NCc2nc3ccccc3s2)c1OC(F)F. The minimum Gasteiger partial charge on any atom is -0.493 e. The van der Waals surface area contributed by atoms with E-state index in [1.807, 2.05) is 24.3 Å². The molecule has 2 aromatic carbocycles. The lowest BCUT2D eigenvalue weighted by atomic mass is 10.1. The van der Waals surface area contributed by atoms with E-state index in [4.69, 9.17) is 4.74 Å². The summed E-state index contributed by atoms with van der Waals surface area (Å²) in [6, 6.07) is 12.0. The molecule has 0 aliphatic heterocycles. The van der Waals surface area contributed by atoms with Gasteiger partial charge in [0.1, 0.15) is 5.01 Å². The summed E-state index contributed by atoms with van der Waals surface area (Å²) >= 11 is 1.46. The van der Waals surface area contributed by atoms with E-state index in [0.717, 1.165) is 10.2 Å². The van der Waals surface area contributed by atoms with E-state index in [2.05, 4.69) is 15.0 Å². The van der Waals surface area contributed by atoms with Crippen molar-refractivity contribution in [1.82, 2.24) is 10.3 Å². The first-order chi connectivity index (χ1) is 12.1. The van der Waals surface area contributed by atoms with Crippen molar-refractivity contribution >= 4 is 27.5 Å². The second-order valence-corrected chi connectivity index (χ2v) is 6.09. The molecule has 1 amide bonds. The predicted molar refractivity (Wildman–Crippen MR) is 90.4 cm³/mol. The molecule has 0 atom stereocenters. The summed E-state index contributed by atoms with van der Waals surface area (Å²) in [6.45, 7) is -2.88. The second-order valence-electron chi connectivity index (χ2n) is 4.97. The summed E-state index contributed by atoms with van der Waals surface area (Å²) in [5.74, 6) is -0.774. The van der Waals surface area contributed by atoms with Gasteiger partial charge >= 0.3 is 6.61 Å². The van der Waals surface area contributed by atoms with Crippen LogP contribution in [-0.2, 0) is 6.54 Å². The van der Waals surface area contributed by atoms with Crippen LogP contribution in [0.3, 0.4) is 0 Å². The quantitative estimate of drug-likeness (QED) is 0.722. The summed E-state index contributed by atoms with van der Waals surface area (Å²) in [6.07, 6.45) is 0. The van der Waals surface area contributed by atoms with Crippen LogP contribution in [0.5, 0.6) is 11.5 Å². The fourth-order valence-corrected chi connectivity index (χ4v) is 3.22. The highest BCUT2D eigenvalue weighted by Gasteiger charge is 2.20. The Kier molecular flexibility index (Phi) is 5.08. The maximum Gasteiger partial charge on any atom is 0.387 e. The Labute approximate surface area is 146 Å². The van der Waals surface area contributed by atoms with Crippen molar-refractivity contribution in [2.75, 3.05) is 7.11 Å². The maximum absolute atomic E-state index is 12.6. The number of halogens is 2. The normalized spacial score (nSPS) is 10.9. The number of amides is 1. The molecular formula is C17H14F2N2O3S. The van der Waals surface area contributed by atoms with Gasteiger partial charge in [-0.15, -0.1) is 11.3 Å². The number of fused-ring (bicyclic) bond motifs is 1. The van der Waals surface area contributed by atoms with Crippen LogP contribution in [-0.4, -0.2) is 24.6 Å². The minimum atomic E-state index is -3.06. The van der Waals surface area contributed by atoms with Gasteiger partial charge in [-0.05, 0) is 24.3 Å². The van der Waals surface area contributed by atoms with Crippen molar-refractivity contribution < 1.29 is 23.0 Å². The molecule has 130 valence electrons. The van der Waals surface area contributed by atoms with E-state index in [-0.39, 0.29) is 23.6 Å². The highest BCUT2D eigenvalue weighted by Crippen LogP contribution is 2.32. The molecule has 3 aromatic rings. The van der Waals surface area contributed by atoms with Crippen LogP contribution >= 0.6 is 11.3 Å². The van der Waals surface area contributed by atoms with Gasteiger partial charge in [0.2, 0.25) is 0 Å². The standard InChI is InChI=1S/C17H14F2N2O3S/c1-23-12-7-4-5-10(15(12)24-17(18)19)16(22)20-9-14-21-11-6-2-3-8-13(11)25-14/h2-8,17H,9H2,1H3,(H,20,22). The van der Waals surface area contributed by atoms with Gasteiger partial charge in [-0.2, -0.15) is 8.78 Å². The third-order valence-corrected chi connectivity index (χ3v) is 4.43. The molecule has 0 saturated carbocycles. The molecule has 3 rings (SSSR count). The molecule has 1 N–H and O–H groups in total. The number of alkyl halides is 2. The minimum absolute atomic E-state index is 0.0271. The Morgan fingerprint density at radius 2 is 2.04 bits per heavy atom. The molecule has 0 unspecified atom stereocenters. The zero-order valence-corrected chi connectivity index (χ0v) is 14.0. The molecule has 1 aromatic heterocycles. The molecule has 0 aliphatic carbocycles. The highest BCUT2D eigenvalue weighted by atomic mass is 32.1. The molecule has 0 aliphatic rings. The van der Waals surface area contributed by atoms with Crippen molar-refractivity contribution in [2.24, 2.45) is 0 Å². The largest absolute Gasteiger partial charge is 0.493 e. The van der Waals surface area contributed by atoms with Gasteiger partial charge in [-0.25, -0.2) is 4.98 Å². The first-order valence-electron chi connectivity index (χ1n) is 7.33. The zero-order valence-electron chi connectivity index (χ0n) is 13.2. The monoisotopic (exact) mass is 364 g/mol. The van der Waals surface area contributed by atoms with E-state index in [1.165, 1.54) is 36.6 Å². The lowest BCUT2D eigenvalue weighted by Crippen LogP contribution is -2.24. The van der Waals surface area contributed by atoms with Gasteiger partial charge in [0.05, 0.1) is 29.4 Å². The van der Waals surface area contributed by atoms with Gasteiger partial charge < -0.3 is 14.8 Å². The summed E-state index contributed by atoms with van der Waals surface area (Å²) in [4.78, 5) is 16.8. The number of rotatable bonds is 6. The van der Waals surface area contributed by atoms with Gasteiger partial charge in [0, 0.05) is 0 Å². The van der Waals surface area contributed by atoms with Crippen LogP contribution in [0.4, 0.5) is 8.78 Å². The summed E-state index contributed by atoms with van der Waals surface area (Å²) < 4.78 is 35.7. The molecule has 0 bridgehead atoms. The third kappa shape index (κ3) is 3.85. The number of hydrogen-bond acceptors (Lipinski definition) is 5. The van der Waals surface area contributed by atoms with Crippen molar-refractivity contribution in [3.05, 3.63) is 53.0 Å². The Morgan fingerprint density at radius 1 is 1.24 bits per heavy atom. The number of nitrogens with one attached hydrogen (secondary N) is 1. The van der Waals surface area contributed by atoms with Gasteiger partial charge in [-0.1, -0.05) is 18.2 Å². The summed E-state index contributed by atoms with van der Waals surface area (Å²) in [5, 5.41) is 3.39. The molecule has 0 radical (unpaired) electrons. The molecular weight excluding hydrogens is 350 g/mol. The fraction of sp³-hybridized carbons (Fsp3) is 0.176.